The van der Waals surface area contributed by atoms with Gasteiger partial charge in [0.2, 0.25) is 0 Å². The lowest BCUT2D eigenvalue weighted by molar-refractivity contribution is 0.284. The molecule has 1 aromatic heterocycles. The summed E-state index contributed by atoms with van der Waals surface area (Å²) < 4.78 is 19.5. The second-order valence-corrected chi connectivity index (χ2v) is 11.5. The molecule has 0 atom stereocenters. The first-order valence-electron chi connectivity index (χ1n) is 14.0. The van der Waals surface area contributed by atoms with Crippen LogP contribution in [0.15, 0.2) is 87.2 Å². The van der Waals surface area contributed by atoms with E-state index in [2.05, 4.69) is 53.9 Å². The van der Waals surface area contributed by atoms with Crippen molar-refractivity contribution >= 4 is 33.0 Å². The normalized spacial score (nSPS) is 11.4. The van der Waals surface area contributed by atoms with E-state index in [1.165, 1.54) is 10.2 Å². The number of rotatable bonds is 9. The molecule has 0 fully saturated rings. The summed E-state index contributed by atoms with van der Waals surface area (Å²) in [7, 11) is 3.26. The highest BCUT2D eigenvalue weighted by atomic mass is 79.9. The Morgan fingerprint density at radius 1 is 0.930 bits per heavy atom. The van der Waals surface area contributed by atoms with E-state index in [0.717, 1.165) is 32.5 Å². The minimum Gasteiger partial charge on any atom is -0.496 e. The Labute approximate surface area is 259 Å². The van der Waals surface area contributed by atoms with Gasteiger partial charge in [-0.2, -0.15) is 9.78 Å². The lowest BCUT2D eigenvalue weighted by atomic mass is 9.96. The number of hydrogen-bond donors (Lipinski definition) is 0. The molecule has 0 radical (unpaired) electrons. The highest BCUT2D eigenvalue weighted by Gasteiger charge is 2.19. The summed E-state index contributed by atoms with van der Waals surface area (Å²) in [6.07, 6.45) is 1.62. The van der Waals surface area contributed by atoms with E-state index in [1.54, 1.807) is 26.5 Å². The van der Waals surface area contributed by atoms with Crippen LogP contribution >= 0.6 is 15.9 Å². The standard InChI is InChI=1S/C35H34BrN3O4/c1-21(2)27-17-28(23(4)15-31(27)41-5)34-38-30-10-8-7-9-26(30)35(40)39(34)37-19-25-16-32(42-6)33(18-29(25)36)43-20-24-13-11-22(3)12-14-24/h7-19,21H,20H2,1-6H3. The number of ether oxygens (including phenoxy) is 3. The maximum absolute atomic E-state index is 13.8. The topological polar surface area (TPSA) is 74.9 Å². The summed E-state index contributed by atoms with van der Waals surface area (Å²) in [5.41, 5.74) is 6.05. The molecule has 5 rings (SSSR count). The van der Waals surface area contributed by atoms with Crippen molar-refractivity contribution in [2.24, 2.45) is 5.10 Å². The molecule has 0 aliphatic rings. The van der Waals surface area contributed by atoms with Crippen molar-refractivity contribution < 1.29 is 14.2 Å². The van der Waals surface area contributed by atoms with Crippen LogP contribution in [0.4, 0.5) is 0 Å². The van der Waals surface area contributed by atoms with Gasteiger partial charge >= 0.3 is 0 Å². The smallest absolute Gasteiger partial charge is 0.282 e. The van der Waals surface area contributed by atoms with Gasteiger partial charge in [0, 0.05) is 15.6 Å². The van der Waals surface area contributed by atoms with Gasteiger partial charge in [-0.3, -0.25) is 4.79 Å². The van der Waals surface area contributed by atoms with Crippen LogP contribution in [0, 0.1) is 13.8 Å². The number of methoxy groups -OCH3 is 2. The molecule has 0 N–H and O–H groups in total. The van der Waals surface area contributed by atoms with Crippen LogP contribution in [-0.4, -0.2) is 30.1 Å². The zero-order valence-electron chi connectivity index (χ0n) is 25.1. The molecule has 5 aromatic rings. The van der Waals surface area contributed by atoms with E-state index in [1.807, 2.05) is 61.5 Å². The van der Waals surface area contributed by atoms with Gasteiger partial charge in [0.25, 0.3) is 5.56 Å². The first-order valence-corrected chi connectivity index (χ1v) is 14.8. The zero-order valence-corrected chi connectivity index (χ0v) is 26.7. The molecular weight excluding hydrogens is 606 g/mol. The molecule has 1 heterocycles. The fraction of sp³-hybridized carbons (Fsp3) is 0.229. The Morgan fingerprint density at radius 2 is 1.65 bits per heavy atom. The van der Waals surface area contributed by atoms with Crippen LogP contribution in [0.3, 0.4) is 0 Å². The van der Waals surface area contributed by atoms with E-state index in [-0.39, 0.29) is 11.5 Å². The van der Waals surface area contributed by atoms with Crippen LogP contribution in [0.25, 0.3) is 22.3 Å². The molecule has 0 saturated heterocycles. The molecule has 0 bridgehead atoms. The van der Waals surface area contributed by atoms with Gasteiger partial charge in [-0.05, 0) is 88.8 Å². The van der Waals surface area contributed by atoms with Gasteiger partial charge in [0.05, 0.1) is 31.3 Å². The first-order chi connectivity index (χ1) is 20.7. The highest BCUT2D eigenvalue weighted by Crippen LogP contribution is 2.35. The molecule has 8 heteroatoms. The van der Waals surface area contributed by atoms with Crippen molar-refractivity contribution in [1.29, 1.82) is 0 Å². The van der Waals surface area contributed by atoms with Crippen LogP contribution in [0.5, 0.6) is 17.2 Å². The third kappa shape index (κ3) is 6.34. The van der Waals surface area contributed by atoms with E-state index in [9.17, 15) is 4.79 Å². The Kier molecular flexibility index (Phi) is 8.97. The average molecular weight is 641 g/mol. The average Bonchev–Trinajstić information content (AvgIpc) is 3.00. The predicted molar refractivity (Wildman–Crippen MR) is 176 cm³/mol. The summed E-state index contributed by atoms with van der Waals surface area (Å²) in [4.78, 5) is 18.7. The minimum absolute atomic E-state index is 0.202. The Morgan fingerprint density at radius 3 is 2.35 bits per heavy atom. The van der Waals surface area contributed by atoms with Crippen molar-refractivity contribution in [3.63, 3.8) is 0 Å². The maximum atomic E-state index is 13.8. The molecule has 0 unspecified atom stereocenters. The molecule has 0 amide bonds. The molecule has 0 aliphatic heterocycles. The largest absolute Gasteiger partial charge is 0.496 e. The minimum atomic E-state index is -0.265. The van der Waals surface area contributed by atoms with Crippen LogP contribution in [0.1, 0.15) is 47.6 Å². The van der Waals surface area contributed by atoms with E-state index in [4.69, 9.17) is 19.2 Å². The third-order valence-corrected chi connectivity index (χ3v) is 7.99. The highest BCUT2D eigenvalue weighted by molar-refractivity contribution is 9.10. The Hall–Kier alpha value is -4.43. The molecule has 0 aliphatic carbocycles. The zero-order chi connectivity index (χ0) is 30.7. The molecule has 7 nitrogen and oxygen atoms in total. The SMILES string of the molecule is COc1cc(C=Nn2c(-c3cc(C(C)C)c(OC)cc3C)nc3ccccc3c2=O)c(Br)cc1OCc1ccc(C)cc1. The second kappa shape index (κ2) is 12.8. The molecule has 0 spiro atoms. The van der Waals surface area contributed by atoms with Crippen LogP contribution in [-0.2, 0) is 6.61 Å². The van der Waals surface area contributed by atoms with Crippen LogP contribution in [0.2, 0.25) is 0 Å². The monoisotopic (exact) mass is 639 g/mol. The van der Waals surface area contributed by atoms with Gasteiger partial charge in [-0.1, -0.05) is 55.8 Å². The fourth-order valence-electron chi connectivity index (χ4n) is 4.86. The summed E-state index contributed by atoms with van der Waals surface area (Å²) in [6, 6.07) is 23.2. The lowest BCUT2D eigenvalue weighted by Crippen LogP contribution is -2.21. The lowest BCUT2D eigenvalue weighted by Gasteiger charge is -2.17. The Bertz CT molecular complexity index is 1880. The number of benzene rings is 4. The summed E-state index contributed by atoms with van der Waals surface area (Å²) in [6.45, 7) is 8.65. The van der Waals surface area contributed by atoms with Gasteiger partial charge in [-0.25, -0.2) is 4.98 Å². The van der Waals surface area contributed by atoms with Crippen molar-refractivity contribution in [1.82, 2.24) is 9.66 Å². The molecule has 43 heavy (non-hydrogen) atoms. The van der Waals surface area contributed by atoms with Gasteiger partial charge in [-0.15, -0.1) is 0 Å². The molecule has 0 saturated carbocycles. The van der Waals surface area contributed by atoms with Crippen molar-refractivity contribution in [3.05, 3.63) is 115 Å². The van der Waals surface area contributed by atoms with Crippen molar-refractivity contribution in [2.45, 2.75) is 40.2 Å². The number of halogens is 1. The number of hydrogen-bond acceptors (Lipinski definition) is 6. The molecule has 4 aromatic carbocycles. The maximum Gasteiger partial charge on any atom is 0.282 e. The van der Waals surface area contributed by atoms with Gasteiger partial charge < -0.3 is 14.2 Å². The van der Waals surface area contributed by atoms with Gasteiger partial charge in [0.1, 0.15) is 12.4 Å². The number of aryl methyl sites for hydroxylation is 2. The first kappa shape index (κ1) is 30.0. The Balaban J connectivity index is 1.58. The van der Waals surface area contributed by atoms with Crippen molar-refractivity contribution in [2.75, 3.05) is 14.2 Å². The summed E-state index contributed by atoms with van der Waals surface area (Å²) in [5.74, 6) is 2.59. The van der Waals surface area contributed by atoms with Gasteiger partial charge in [0.15, 0.2) is 17.3 Å². The number of aromatic nitrogens is 2. The third-order valence-electron chi connectivity index (χ3n) is 7.30. The predicted octanol–water partition coefficient (Wildman–Crippen LogP) is 8.04. The fourth-order valence-corrected chi connectivity index (χ4v) is 5.28. The number of nitrogens with zero attached hydrogens (tertiary/aromatic N) is 3. The van der Waals surface area contributed by atoms with E-state index < -0.39 is 0 Å². The summed E-state index contributed by atoms with van der Waals surface area (Å²) in [5, 5.41) is 5.17. The number of fused-ring (bicyclic) bond motifs is 1. The van der Waals surface area contributed by atoms with E-state index >= 15 is 0 Å². The molecule has 220 valence electrons. The van der Waals surface area contributed by atoms with Crippen LogP contribution < -0.4 is 19.8 Å². The number of para-hydroxylation sites is 1. The van der Waals surface area contributed by atoms with E-state index in [0.29, 0.717) is 40.4 Å². The van der Waals surface area contributed by atoms with Crippen molar-refractivity contribution in [3.8, 4) is 28.6 Å². The molecular formula is C35H34BrN3O4. The second-order valence-electron chi connectivity index (χ2n) is 10.7. The quantitative estimate of drug-likeness (QED) is 0.153. The summed E-state index contributed by atoms with van der Waals surface area (Å²) >= 11 is 3.65.